The normalized spacial score (nSPS) is 14.9. The fraction of sp³-hybridized carbons (Fsp3) is 0.364. The largest absolute Gasteiger partial charge is 0.487 e. The molecule has 1 aromatic heterocycles. The minimum absolute atomic E-state index is 0. The van der Waals surface area contributed by atoms with Gasteiger partial charge in [-0.25, -0.2) is 4.39 Å². The van der Waals surface area contributed by atoms with E-state index in [1.807, 2.05) is 0 Å². The van der Waals surface area contributed by atoms with Gasteiger partial charge in [0.2, 0.25) is 0 Å². The van der Waals surface area contributed by atoms with Gasteiger partial charge in [0.25, 0.3) is 0 Å². The minimum atomic E-state index is -0.270. The predicted molar refractivity (Wildman–Crippen MR) is 110 cm³/mol. The third kappa shape index (κ3) is 4.28. The zero-order valence-corrected chi connectivity index (χ0v) is 16.5. The summed E-state index contributed by atoms with van der Waals surface area (Å²) in [5.41, 5.74) is 3.72. The number of nitrogens with zero attached hydrogens (tertiary/aromatic N) is 2. The van der Waals surface area contributed by atoms with Gasteiger partial charge in [-0.05, 0) is 49.7 Å². The molecule has 0 atom stereocenters. The summed E-state index contributed by atoms with van der Waals surface area (Å²) in [7, 11) is 2.09. The molecule has 1 fully saturated rings. The maximum atomic E-state index is 13.4. The van der Waals surface area contributed by atoms with Gasteiger partial charge in [-0.2, -0.15) is 0 Å². The molecule has 1 aliphatic heterocycles. The minimum Gasteiger partial charge on any atom is -0.487 e. The second kappa shape index (κ2) is 8.77. The lowest BCUT2D eigenvalue weighted by atomic mass is 10.1. The second-order valence-corrected chi connectivity index (χ2v) is 7.08. The van der Waals surface area contributed by atoms with Crippen LogP contribution in [-0.2, 0) is 20.2 Å². The van der Waals surface area contributed by atoms with Crippen molar-refractivity contribution in [3.05, 3.63) is 65.6 Å². The van der Waals surface area contributed by atoms with E-state index in [0.29, 0.717) is 12.4 Å². The molecule has 0 radical (unpaired) electrons. The monoisotopic (exact) mass is 388 g/mol. The molecule has 3 aromatic rings. The first kappa shape index (κ1) is 19.7. The Morgan fingerprint density at radius 2 is 1.78 bits per heavy atom. The van der Waals surface area contributed by atoms with E-state index in [-0.39, 0.29) is 18.2 Å². The molecule has 2 aromatic carbocycles. The summed E-state index contributed by atoms with van der Waals surface area (Å²) in [4.78, 5) is 2.54. The molecule has 0 amide bonds. The van der Waals surface area contributed by atoms with Gasteiger partial charge < -0.3 is 9.30 Å². The Morgan fingerprint density at radius 3 is 2.56 bits per heavy atom. The van der Waals surface area contributed by atoms with Gasteiger partial charge in [0, 0.05) is 30.6 Å². The molecule has 2 heterocycles. The van der Waals surface area contributed by atoms with E-state index < -0.39 is 0 Å². The van der Waals surface area contributed by atoms with Gasteiger partial charge in [-0.1, -0.05) is 30.7 Å². The Hall–Kier alpha value is -2.04. The van der Waals surface area contributed by atoms with Crippen molar-refractivity contribution in [1.82, 2.24) is 9.47 Å². The number of para-hydroxylation sites is 1. The number of hydrogen-bond donors (Lipinski definition) is 0. The Bertz CT molecular complexity index is 902. The topological polar surface area (TPSA) is 17.4 Å². The van der Waals surface area contributed by atoms with E-state index in [4.69, 9.17) is 4.74 Å². The van der Waals surface area contributed by atoms with E-state index >= 15 is 0 Å². The van der Waals surface area contributed by atoms with Crippen LogP contribution in [0.3, 0.4) is 0 Å². The molecular weight excluding hydrogens is 363 g/mol. The Kier molecular flexibility index (Phi) is 6.40. The molecule has 27 heavy (non-hydrogen) atoms. The molecule has 0 aliphatic carbocycles. The van der Waals surface area contributed by atoms with Crippen molar-refractivity contribution in [2.75, 3.05) is 13.1 Å². The number of hydrogen-bond acceptors (Lipinski definition) is 2. The number of halogens is 2. The number of rotatable bonds is 5. The average Bonchev–Trinajstić information content (AvgIpc) is 2.93. The average molecular weight is 389 g/mol. The fourth-order valence-corrected chi connectivity index (χ4v) is 3.93. The van der Waals surface area contributed by atoms with Crippen molar-refractivity contribution < 1.29 is 9.13 Å². The number of benzene rings is 2. The fourth-order valence-electron chi connectivity index (χ4n) is 3.93. The van der Waals surface area contributed by atoms with Crippen LogP contribution < -0.4 is 4.74 Å². The van der Waals surface area contributed by atoms with Crippen molar-refractivity contribution in [3.63, 3.8) is 0 Å². The SMILES string of the molecule is Cl.Cn1c(COc2cccc(F)c2)c(CN2CCCCC2)c2ccccc21. The smallest absolute Gasteiger partial charge is 0.129 e. The zero-order valence-electron chi connectivity index (χ0n) is 15.7. The highest BCUT2D eigenvalue weighted by molar-refractivity contribution is 5.85. The first-order valence-electron chi connectivity index (χ1n) is 9.38. The highest BCUT2D eigenvalue weighted by Crippen LogP contribution is 2.28. The summed E-state index contributed by atoms with van der Waals surface area (Å²) in [6, 6.07) is 14.9. The van der Waals surface area contributed by atoms with Crippen LogP contribution >= 0.6 is 12.4 Å². The van der Waals surface area contributed by atoms with E-state index in [9.17, 15) is 4.39 Å². The first-order chi connectivity index (χ1) is 12.7. The summed E-state index contributed by atoms with van der Waals surface area (Å²) in [6.45, 7) is 3.71. The number of aryl methyl sites for hydroxylation is 1. The molecule has 0 unspecified atom stereocenters. The maximum absolute atomic E-state index is 13.4. The van der Waals surface area contributed by atoms with Crippen LogP contribution in [-0.4, -0.2) is 22.6 Å². The summed E-state index contributed by atoms with van der Waals surface area (Å²) in [5, 5.41) is 1.29. The van der Waals surface area contributed by atoms with Crippen LogP contribution in [0.1, 0.15) is 30.5 Å². The number of fused-ring (bicyclic) bond motifs is 1. The van der Waals surface area contributed by atoms with E-state index in [1.54, 1.807) is 12.1 Å². The molecule has 1 aliphatic rings. The molecule has 0 saturated carbocycles. The number of ether oxygens (including phenoxy) is 1. The number of aromatic nitrogens is 1. The van der Waals surface area contributed by atoms with E-state index in [2.05, 4.69) is 40.8 Å². The van der Waals surface area contributed by atoms with Gasteiger partial charge in [-0.15, -0.1) is 12.4 Å². The Labute approximate surface area is 166 Å². The van der Waals surface area contributed by atoms with Crippen molar-refractivity contribution >= 4 is 23.3 Å². The lowest BCUT2D eigenvalue weighted by molar-refractivity contribution is 0.218. The van der Waals surface area contributed by atoms with Crippen LogP contribution in [0.2, 0.25) is 0 Å². The van der Waals surface area contributed by atoms with Gasteiger partial charge in [-0.3, -0.25) is 4.90 Å². The lowest BCUT2D eigenvalue weighted by Crippen LogP contribution is -2.29. The third-order valence-electron chi connectivity index (χ3n) is 5.35. The summed E-state index contributed by atoms with van der Waals surface area (Å²) < 4.78 is 21.6. The standard InChI is InChI=1S/C22H25FN2O.ClH/c1-24-21-11-4-3-10-19(21)20(15-25-12-5-2-6-13-25)22(24)16-26-18-9-7-8-17(23)14-18;/h3-4,7-11,14H,2,5-6,12-13,15-16H2,1H3;1H. The van der Waals surface area contributed by atoms with Crippen LogP contribution in [0.15, 0.2) is 48.5 Å². The molecule has 0 spiro atoms. The molecule has 1 saturated heterocycles. The van der Waals surface area contributed by atoms with Crippen molar-refractivity contribution in [2.24, 2.45) is 7.05 Å². The van der Waals surface area contributed by atoms with Crippen molar-refractivity contribution in [2.45, 2.75) is 32.4 Å². The van der Waals surface area contributed by atoms with Gasteiger partial charge in [0.05, 0.1) is 5.69 Å². The number of likely N-dealkylation sites (tertiary alicyclic amines) is 1. The van der Waals surface area contributed by atoms with Gasteiger partial charge in [0.15, 0.2) is 0 Å². The summed E-state index contributed by atoms with van der Waals surface area (Å²) in [6.07, 6.45) is 3.89. The molecule has 3 nitrogen and oxygen atoms in total. The van der Waals surface area contributed by atoms with Crippen LogP contribution in [0.5, 0.6) is 5.75 Å². The summed E-state index contributed by atoms with van der Waals surface area (Å²) >= 11 is 0. The van der Waals surface area contributed by atoms with Crippen molar-refractivity contribution in [1.29, 1.82) is 0 Å². The molecular formula is C22H26ClFN2O. The number of piperidine rings is 1. The van der Waals surface area contributed by atoms with Gasteiger partial charge in [0.1, 0.15) is 18.2 Å². The second-order valence-electron chi connectivity index (χ2n) is 7.08. The summed E-state index contributed by atoms with van der Waals surface area (Å²) in [5.74, 6) is 0.298. The Morgan fingerprint density at radius 1 is 1.00 bits per heavy atom. The lowest BCUT2D eigenvalue weighted by Gasteiger charge is -2.26. The quantitative estimate of drug-likeness (QED) is 0.589. The van der Waals surface area contributed by atoms with Crippen LogP contribution in [0.25, 0.3) is 10.9 Å². The molecule has 4 rings (SSSR count). The highest BCUT2D eigenvalue weighted by Gasteiger charge is 2.19. The third-order valence-corrected chi connectivity index (χ3v) is 5.35. The van der Waals surface area contributed by atoms with Gasteiger partial charge >= 0.3 is 0 Å². The van der Waals surface area contributed by atoms with E-state index in [1.165, 1.54) is 53.6 Å². The molecule has 144 valence electrons. The van der Waals surface area contributed by atoms with Crippen LogP contribution in [0.4, 0.5) is 4.39 Å². The molecule has 5 heteroatoms. The maximum Gasteiger partial charge on any atom is 0.129 e. The highest BCUT2D eigenvalue weighted by atomic mass is 35.5. The van der Waals surface area contributed by atoms with Crippen LogP contribution in [0, 0.1) is 5.82 Å². The zero-order chi connectivity index (χ0) is 17.9. The van der Waals surface area contributed by atoms with Crippen molar-refractivity contribution in [3.8, 4) is 5.75 Å². The van der Waals surface area contributed by atoms with E-state index in [0.717, 1.165) is 19.6 Å². The predicted octanol–water partition coefficient (Wildman–Crippen LogP) is 5.30. The first-order valence-corrected chi connectivity index (χ1v) is 9.38. The molecule has 0 bridgehead atoms. The molecule has 0 N–H and O–H groups in total. The Balaban J connectivity index is 0.00000210.